The molecule has 10 nitrogen and oxygen atoms in total. The Balaban J connectivity index is 1.15. The Morgan fingerprint density at radius 3 is 2.20 bits per heavy atom. The van der Waals surface area contributed by atoms with E-state index in [-0.39, 0.29) is 36.2 Å². The molecule has 0 spiro atoms. The number of nitrogens with one attached hydrogen (secondary N) is 2. The van der Waals surface area contributed by atoms with Crippen molar-refractivity contribution < 1.29 is 34.1 Å². The molecule has 6 N–H and O–H groups in total. The van der Waals surface area contributed by atoms with Gasteiger partial charge in [0, 0.05) is 41.2 Å². The molecular formula is C38H41N3O7S. The molecule has 4 aromatic carbocycles. The number of ether oxygens (including phenoxy) is 2. The van der Waals surface area contributed by atoms with E-state index in [1.165, 1.54) is 0 Å². The smallest absolute Gasteiger partial charge is 0.335 e. The SMILES string of the molecule is Nc1ccccc1NC(=O)CCCCCC(=O)Nc1cccc([C@H]2O[C@@H](CSc3ccc(C(=O)O)cc3)C[C@@H](c3ccc(CO)cc3)O2)c1. The van der Waals surface area contributed by atoms with Crippen molar-refractivity contribution in [1.29, 1.82) is 0 Å². The minimum atomic E-state index is -0.965. The number of amides is 2. The summed E-state index contributed by atoms with van der Waals surface area (Å²) in [5.74, 6) is -0.566. The van der Waals surface area contributed by atoms with E-state index in [0.29, 0.717) is 54.9 Å². The number of rotatable bonds is 15. The van der Waals surface area contributed by atoms with Gasteiger partial charge in [-0.05, 0) is 72.5 Å². The van der Waals surface area contributed by atoms with Gasteiger partial charge in [0.15, 0.2) is 6.29 Å². The van der Waals surface area contributed by atoms with Crippen LogP contribution in [0.25, 0.3) is 0 Å². The Bertz CT molecular complexity index is 1720. The van der Waals surface area contributed by atoms with Crippen molar-refractivity contribution in [2.45, 2.75) is 68.5 Å². The van der Waals surface area contributed by atoms with Crippen molar-refractivity contribution >= 4 is 46.6 Å². The van der Waals surface area contributed by atoms with Gasteiger partial charge in [-0.25, -0.2) is 4.79 Å². The molecule has 3 atom stereocenters. The molecule has 11 heteroatoms. The van der Waals surface area contributed by atoms with E-state index in [9.17, 15) is 24.6 Å². The molecule has 5 rings (SSSR count). The van der Waals surface area contributed by atoms with E-state index < -0.39 is 12.3 Å². The van der Waals surface area contributed by atoms with Gasteiger partial charge < -0.3 is 36.1 Å². The minimum Gasteiger partial charge on any atom is -0.478 e. The Morgan fingerprint density at radius 2 is 1.51 bits per heavy atom. The van der Waals surface area contributed by atoms with Crippen molar-refractivity contribution in [2.75, 3.05) is 22.1 Å². The van der Waals surface area contributed by atoms with E-state index in [2.05, 4.69) is 10.6 Å². The highest BCUT2D eigenvalue weighted by atomic mass is 32.2. The Hall–Kier alpha value is -4.68. The maximum absolute atomic E-state index is 12.8. The predicted octanol–water partition coefficient (Wildman–Crippen LogP) is 7.32. The Morgan fingerprint density at radius 1 is 0.796 bits per heavy atom. The molecule has 4 aromatic rings. The van der Waals surface area contributed by atoms with Crippen LogP contribution >= 0.6 is 11.8 Å². The first-order chi connectivity index (χ1) is 23.8. The average Bonchev–Trinajstić information content (AvgIpc) is 3.11. The molecule has 1 fully saturated rings. The zero-order chi connectivity index (χ0) is 34.6. The standard InChI is InChI=1S/C38H41N3O7S/c39-32-9-4-5-10-33(32)41-36(44)12-3-1-2-11-35(43)40-29-8-6-7-28(21-29)38-47-30(24-49-31-19-17-27(18-20-31)37(45)46)22-34(48-38)26-15-13-25(23-42)14-16-26/h4-10,13-21,30,34,38,42H,1-3,11-12,22-24,39H2,(H,40,43)(H,41,44)(H,45,46)/t30-,34+,38+/m1/s1. The van der Waals surface area contributed by atoms with E-state index in [0.717, 1.165) is 28.0 Å². The molecule has 0 bridgehead atoms. The highest BCUT2D eigenvalue weighted by molar-refractivity contribution is 7.99. The first-order valence-corrected chi connectivity index (χ1v) is 17.3. The number of carbonyl (C=O) groups is 3. The van der Waals surface area contributed by atoms with E-state index >= 15 is 0 Å². The molecule has 0 radical (unpaired) electrons. The molecule has 49 heavy (non-hydrogen) atoms. The average molecular weight is 684 g/mol. The molecular weight excluding hydrogens is 642 g/mol. The van der Waals surface area contributed by atoms with E-state index in [1.54, 1.807) is 48.2 Å². The summed E-state index contributed by atoms with van der Waals surface area (Å²) in [6, 6.07) is 29.0. The number of carbonyl (C=O) groups excluding carboxylic acids is 2. The van der Waals surface area contributed by atoms with Gasteiger partial charge in [-0.2, -0.15) is 0 Å². The third-order valence-electron chi connectivity index (χ3n) is 8.14. The number of nitrogen functional groups attached to an aromatic ring is 1. The Kier molecular flexibility index (Phi) is 12.8. The second kappa shape index (κ2) is 17.6. The number of benzene rings is 4. The third kappa shape index (κ3) is 10.7. The number of unbranched alkanes of at least 4 members (excludes halogenated alkanes) is 2. The van der Waals surface area contributed by atoms with Gasteiger partial charge in [0.2, 0.25) is 11.8 Å². The molecule has 1 saturated heterocycles. The zero-order valence-electron chi connectivity index (χ0n) is 27.0. The first kappa shape index (κ1) is 35.6. The number of anilines is 3. The van der Waals surface area contributed by atoms with Gasteiger partial charge in [-0.1, -0.05) is 55.0 Å². The van der Waals surface area contributed by atoms with E-state index in [4.69, 9.17) is 15.2 Å². The molecule has 256 valence electrons. The van der Waals surface area contributed by atoms with Gasteiger partial charge in [0.1, 0.15) is 0 Å². The second-order valence-electron chi connectivity index (χ2n) is 11.9. The van der Waals surface area contributed by atoms with Crippen LogP contribution in [0.3, 0.4) is 0 Å². The predicted molar refractivity (Wildman–Crippen MR) is 190 cm³/mol. The van der Waals surface area contributed by atoms with Gasteiger partial charge >= 0.3 is 5.97 Å². The topological polar surface area (TPSA) is 160 Å². The van der Waals surface area contributed by atoms with Crippen LogP contribution in [0, 0.1) is 0 Å². The number of carboxylic acid groups (broad SMARTS) is 1. The molecule has 0 unspecified atom stereocenters. The van der Waals surface area contributed by atoms with Crippen LogP contribution in [0.15, 0.2) is 102 Å². The quantitative estimate of drug-likeness (QED) is 0.0491. The van der Waals surface area contributed by atoms with Crippen LogP contribution in [0.2, 0.25) is 0 Å². The summed E-state index contributed by atoms with van der Waals surface area (Å²) in [5.41, 5.74) is 10.4. The summed E-state index contributed by atoms with van der Waals surface area (Å²) in [4.78, 5) is 37.2. The van der Waals surface area contributed by atoms with Crippen LogP contribution in [-0.4, -0.2) is 39.9 Å². The summed E-state index contributed by atoms with van der Waals surface area (Å²) in [5, 5.41) is 24.5. The number of aliphatic hydroxyl groups is 1. The van der Waals surface area contributed by atoms with Crippen molar-refractivity contribution in [3.05, 3.63) is 119 Å². The maximum atomic E-state index is 12.8. The number of hydrogen-bond acceptors (Lipinski definition) is 8. The van der Waals surface area contributed by atoms with Crippen molar-refractivity contribution in [3.63, 3.8) is 0 Å². The molecule has 2 amide bonds. The van der Waals surface area contributed by atoms with Crippen LogP contribution in [0.1, 0.15) is 78.0 Å². The molecule has 1 aliphatic heterocycles. The number of thioether (sulfide) groups is 1. The fourth-order valence-electron chi connectivity index (χ4n) is 5.46. The van der Waals surface area contributed by atoms with Gasteiger partial charge in [-0.3, -0.25) is 9.59 Å². The van der Waals surface area contributed by atoms with Crippen molar-refractivity contribution in [1.82, 2.24) is 0 Å². The fraction of sp³-hybridized carbons (Fsp3) is 0.289. The Labute approximate surface area is 290 Å². The maximum Gasteiger partial charge on any atom is 0.335 e. The highest BCUT2D eigenvalue weighted by Gasteiger charge is 2.32. The van der Waals surface area contributed by atoms with Crippen molar-refractivity contribution in [3.8, 4) is 0 Å². The lowest BCUT2D eigenvalue weighted by Crippen LogP contribution is -2.31. The molecule has 0 saturated carbocycles. The number of nitrogens with two attached hydrogens (primary N) is 1. The molecule has 0 aliphatic carbocycles. The number of para-hydroxylation sites is 2. The fourth-order valence-corrected chi connectivity index (χ4v) is 6.39. The lowest BCUT2D eigenvalue weighted by molar-refractivity contribution is -0.245. The second-order valence-corrected chi connectivity index (χ2v) is 13.0. The monoisotopic (exact) mass is 683 g/mol. The summed E-state index contributed by atoms with van der Waals surface area (Å²) in [6.07, 6.45) is 2.19. The van der Waals surface area contributed by atoms with Crippen molar-refractivity contribution in [2.24, 2.45) is 0 Å². The summed E-state index contributed by atoms with van der Waals surface area (Å²) < 4.78 is 12.9. The van der Waals surface area contributed by atoms with Gasteiger partial charge in [-0.15, -0.1) is 11.8 Å². The van der Waals surface area contributed by atoms with Crippen LogP contribution in [-0.2, 0) is 25.7 Å². The summed E-state index contributed by atoms with van der Waals surface area (Å²) >= 11 is 1.58. The highest BCUT2D eigenvalue weighted by Crippen LogP contribution is 2.40. The summed E-state index contributed by atoms with van der Waals surface area (Å²) in [6.45, 7) is -0.0438. The van der Waals surface area contributed by atoms with Gasteiger partial charge in [0.25, 0.3) is 0 Å². The molecule has 0 aromatic heterocycles. The molecule has 1 heterocycles. The number of aliphatic hydroxyl groups excluding tert-OH is 1. The zero-order valence-corrected chi connectivity index (χ0v) is 27.9. The van der Waals surface area contributed by atoms with Gasteiger partial charge in [0.05, 0.1) is 35.8 Å². The lowest BCUT2D eigenvalue weighted by Gasteiger charge is -2.36. The van der Waals surface area contributed by atoms with Crippen LogP contribution in [0.4, 0.5) is 17.1 Å². The number of hydrogen-bond donors (Lipinski definition) is 5. The normalized spacial score (nSPS) is 17.3. The lowest BCUT2D eigenvalue weighted by atomic mass is 10.0. The molecule has 1 aliphatic rings. The largest absolute Gasteiger partial charge is 0.478 e. The summed E-state index contributed by atoms with van der Waals surface area (Å²) in [7, 11) is 0. The van der Waals surface area contributed by atoms with Crippen LogP contribution in [0.5, 0.6) is 0 Å². The third-order valence-corrected chi connectivity index (χ3v) is 9.28. The first-order valence-electron chi connectivity index (χ1n) is 16.3. The van der Waals surface area contributed by atoms with E-state index in [1.807, 2.05) is 60.7 Å². The minimum absolute atomic E-state index is 0.0438. The van der Waals surface area contributed by atoms with Crippen LogP contribution < -0.4 is 16.4 Å². The number of carboxylic acids is 1. The number of aromatic carboxylic acids is 1.